The van der Waals surface area contributed by atoms with E-state index in [2.05, 4.69) is 36.5 Å². The van der Waals surface area contributed by atoms with Gasteiger partial charge in [0.2, 0.25) is 11.8 Å². The Balaban J connectivity index is 1.61. The highest BCUT2D eigenvalue weighted by atomic mass is 32.2. The molecule has 0 radical (unpaired) electrons. The summed E-state index contributed by atoms with van der Waals surface area (Å²) >= 11 is 1.66. The molecule has 4 rings (SSSR count). The summed E-state index contributed by atoms with van der Waals surface area (Å²) in [6.45, 7) is 4.09. The van der Waals surface area contributed by atoms with E-state index < -0.39 is 0 Å². The second-order valence-electron chi connectivity index (χ2n) is 7.85. The van der Waals surface area contributed by atoms with E-state index in [-0.39, 0.29) is 23.1 Å². The minimum atomic E-state index is -0.134. The van der Waals surface area contributed by atoms with E-state index >= 15 is 0 Å². The van der Waals surface area contributed by atoms with Gasteiger partial charge >= 0.3 is 0 Å². The molecule has 31 heavy (non-hydrogen) atoms. The van der Waals surface area contributed by atoms with Gasteiger partial charge in [0.25, 0.3) is 0 Å². The Bertz CT molecular complexity index is 1060. The van der Waals surface area contributed by atoms with Gasteiger partial charge in [-0.25, -0.2) is 0 Å². The van der Waals surface area contributed by atoms with Crippen LogP contribution in [-0.2, 0) is 22.6 Å². The van der Waals surface area contributed by atoms with Crippen molar-refractivity contribution in [3.63, 3.8) is 0 Å². The SMILES string of the molecule is CC(=O)Nc1cccc([C@H](C)N(Cc2ccccc2)C(=O)[C@H]2Cc3ccccc3S2)c1. The van der Waals surface area contributed by atoms with Gasteiger partial charge in [-0.15, -0.1) is 11.8 Å². The summed E-state index contributed by atoms with van der Waals surface area (Å²) in [6.07, 6.45) is 0.754. The molecule has 0 aliphatic carbocycles. The molecule has 0 aromatic heterocycles. The molecule has 158 valence electrons. The van der Waals surface area contributed by atoms with E-state index in [1.54, 1.807) is 11.8 Å². The first-order chi connectivity index (χ1) is 15.0. The number of nitrogens with zero attached hydrogens (tertiary/aromatic N) is 1. The van der Waals surface area contributed by atoms with Crippen molar-refractivity contribution in [1.29, 1.82) is 0 Å². The molecule has 0 spiro atoms. The number of amides is 2. The second kappa shape index (κ2) is 9.40. The average molecular weight is 431 g/mol. The minimum Gasteiger partial charge on any atom is -0.331 e. The van der Waals surface area contributed by atoms with Crippen LogP contribution in [0.3, 0.4) is 0 Å². The zero-order chi connectivity index (χ0) is 21.8. The average Bonchev–Trinajstić information content (AvgIpc) is 3.21. The Morgan fingerprint density at radius 2 is 1.77 bits per heavy atom. The zero-order valence-corrected chi connectivity index (χ0v) is 18.6. The molecule has 0 unspecified atom stereocenters. The normalized spacial score (nSPS) is 15.7. The Kier molecular flexibility index (Phi) is 6.42. The number of benzene rings is 3. The fourth-order valence-corrected chi connectivity index (χ4v) is 5.22. The number of rotatable bonds is 6. The van der Waals surface area contributed by atoms with Crippen molar-refractivity contribution in [2.75, 3.05) is 5.32 Å². The fraction of sp³-hybridized carbons (Fsp3) is 0.231. The van der Waals surface area contributed by atoms with Crippen molar-refractivity contribution in [3.05, 3.63) is 95.6 Å². The molecular weight excluding hydrogens is 404 g/mol. The van der Waals surface area contributed by atoms with Gasteiger partial charge in [-0.3, -0.25) is 9.59 Å². The van der Waals surface area contributed by atoms with E-state index in [4.69, 9.17) is 0 Å². The van der Waals surface area contributed by atoms with Gasteiger partial charge in [0.05, 0.1) is 11.3 Å². The molecule has 1 aliphatic rings. The monoisotopic (exact) mass is 430 g/mol. The molecule has 0 saturated carbocycles. The highest BCUT2D eigenvalue weighted by Gasteiger charge is 2.33. The Morgan fingerprint density at radius 1 is 1.03 bits per heavy atom. The topological polar surface area (TPSA) is 49.4 Å². The number of fused-ring (bicyclic) bond motifs is 1. The molecule has 1 aliphatic heterocycles. The number of carbonyl (C=O) groups excluding carboxylic acids is 2. The molecule has 0 bridgehead atoms. The number of hydrogen-bond donors (Lipinski definition) is 1. The molecule has 0 saturated heterocycles. The number of carbonyl (C=O) groups is 2. The summed E-state index contributed by atoms with van der Waals surface area (Å²) < 4.78 is 0. The third-order valence-corrected chi connectivity index (χ3v) is 6.86. The van der Waals surface area contributed by atoms with Crippen LogP contribution in [0.15, 0.2) is 83.8 Å². The van der Waals surface area contributed by atoms with Gasteiger partial charge in [0.1, 0.15) is 0 Å². The summed E-state index contributed by atoms with van der Waals surface area (Å²) in [5, 5.41) is 2.72. The van der Waals surface area contributed by atoms with Crippen molar-refractivity contribution in [3.8, 4) is 0 Å². The Morgan fingerprint density at radius 3 is 2.52 bits per heavy atom. The lowest BCUT2D eigenvalue weighted by atomic mass is 10.0. The van der Waals surface area contributed by atoms with Gasteiger partial charge < -0.3 is 10.2 Å². The van der Waals surface area contributed by atoms with Crippen molar-refractivity contribution in [2.24, 2.45) is 0 Å². The molecule has 1 heterocycles. The van der Waals surface area contributed by atoms with E-state index in [9.17, 15) is 9.59 Å². The largest absolute Gasteiger partial charge is 0.331 e. The van der Waals surface area contributed by atoms with E-state index in [1.165, 1.54) is 17.4 Å². The summed E-state index contributed by atoms with van der Waals surface area (Å²) in [4.78, 5) is 28.4. The van der Waals surface area contributed by atoms with Crippen LogP contribution < -0.4 is 5.32 Å². The minimum absolute atomic E-state index is 0.109. The van der Waals surface area contributed by atoms with Crippen LogP contribution in [0.25, 0.3) is 0 Å². The maximum atomic E-state index is 13.7. The van der Waals surface area contributed by atoms with Gasteiger partial charge in [0, 0.05) is 24.1 Å². The molecule has 5 heteroatoms. The molecule has 2 atom stereocenters. The molecule has 3 aromatic carbocycles. The van der Waals surface area contributed by atoms with Crippen molar-refractivity contribution >= 4 is 29.3 Å². The molecule has 0 fully saturated rings. The summed E-state index contributed by atoms with van der Waals surface area (Å²) in [6, 6.07) is 26.0. The van der Waals surface area contributed by atoms with Crippen LogP contribution in [0, 0.1) is 0 Å². The standard InChI is InChI=1S/C26H26N2O2S/c1-18(21-12-8-13-23(15-21)27-19(2)29)28(17-20-9-4-3-5-10-20)26(30)25-16-22-11-6-7-14-24(22)31-25/h3-15,18,25H,16-17H2,1-2H3,(H,27,29)/t18-,25+/m0/s1. The van der Waals surface area contributed by atoms with Crippen LogP contribution >= 0.6 is 11.8 Å². The van der Waals surface area contributed by atoms with E-state index in [0.717, 1.165) is 23.2 Å². The Hall–Kier alpha value is -3.05. The third kappa shape index (κ3) is 5.00. The summed E-state index contributed by atoms with van der Waals surface area (Å²) in [5.41, 5.74) is 4.08. The third-order valence-electron chi connectivity index (χ3n) is 5.56. The summed E-state index contributed by atoms with van der Waals surface area (Å²) in [7, 11) is 0. The number of nitrogens with one attached hydrogen (secondary N) is 1. The molecule has 1 N–H and O–H groups in total. The highest BCUT2D eigenvalue weighted by Crippen LogP contribution is 2.39. The fourth-order valence-electron chi connectivity index (χ4n) is 3.95. The predicted molar refractivity (Wildman–Crippen MR) is 126 cm³/mol. The van der Waals surface area contributed by atoms with E-state index in [1.807, 2.05) is 59.5 Å². The van der Waals surface area contributed by atoms with Gasteiger partial charge in [-0.1, -0.05) is 60.7 Å². The molecular formula is C26H26N2O2S. The zero-order valence-electron chi connectivity index (χ0n) is 17.7. The first-order valence-electron chi connectivity index (χ1n) is 10.5. The van der Waals surface area contributed by atoms with Crippen LogP contribution in [0.4, 0.5) is 5.69 Å². The maximum absolute atomic E-state index is 13.7. The van der Waals surface area contributed by atoms with Gasteiger partial charge in [-0.05, 0) is 48.2 Å². The predicted octanol–water partition coefficient (Wildman–Crippen LogP) is 5.45. The quantitative estimate of drug-likeness (QED) is 0.566. The number of thioether (sulfide) groups is 1. The van der Waals surface area contributed by atoms with Crippen molar-refractivity contribution in [1.82, 2.24) is 4.90 Å². The van der Waals surface area contributed by atoms with Crippen LogP contribution in [-0.4, -0.2) is 22.0 Å². The van der Waals surface area contributed by atoms with Gasteiger partial charge in [0.15, 0.2) is 0 Å². The van der Waals surface area contributed by atoms with Crippen molar-refractivity contribution in [2.45, 2.75) is 43.0 Å². The second-order valence-corrected chi connectivity index (χ2v) is 9.10. The maximum Gasteiger partial charge on any atom is 0.237 e. The highest BCUT2D eigenvalue weighted by molar-refractivity contribution is 8.01. The Labute approximate surface area is 187 Å². The summed E-state index contributed by atoms with van der Waals surface area (Å²) in [5.74, 6) is 0.0321. The lowest BCUT2D eigenvalue weighted by Gasteiger charge is -2.32. The van der Waals surface area contributed by atoms with Crippen LogP contribution in [0.2, 0.25) is 0 Å². The lowest BCUT2D eigenvalue weighted by Crippen LogP contribution is -2.39. The number of anilines is 1. The molecule has 2 amide bonds. The van der Waals surface area contributed by atoms with Crippen molar-refractivity contribution < 1.29 is 9.59 Å². The first-order valence-corrected chi connectivity index (χ1v) is 11.4. The molecule has 4 nitrogen and oxygen atoms in total. The van der Waals surface area contributed by atoms with Gasteiger partial charge in [-0.2, -0.15) is 0 Å². The molecule has 3 aromatic rings. The number of hydrogen-bond acceptors (Lipinski definition) is 3. The first kappa shape index (κ1) is 21.2. The lowest BCUT2D eigenvalue weighted by molar-refractivity contribution is -0.133. The van der Waals surface area contributed by atoms with E-state index in [0.29, 0.717) is 6.54 Å². The van der Waals surface area contributed by atoms with Crippen LogP contribution in [0.5, 0.6) is 0 Å². The smallest absolute Gasteiger partial charge is 0.237 e. The van der Waals surface area contributed by atoms with Crippen LogP contribution in [0.1, 0.15) is 36.6 Å².